The van der Waals surface area contributed by atoms with Crippen LogP contribution in [0.25, 0.3) is 0 Å². The molecule has 1 aliphatic heterocycles. The van der Waals surface area contributed by atoms with Crippen molar-refractivity contribution in [2.75, 3.05) is 6.61 Å². The Morgan fingerprint density at radius 1 is 0.900 bits per heavy atom. The van der Waals surface area contributed by atoms with E-state index in [0.29, 0.717) is 11.3 Å². The molecule has 1 atom stereocenters. The van der Waals surface area contributed by atoms with Gasteiger partial charge in [-0.25, -0.2) is 0 Å². The van der Waals surface area contributed by atoms with Gasteiger partial charge >= 0.3 is 0 Å². The molecule has 2 nitrogen and oxygen atoms in total. The molecule has 1 saturated heterocycles. The lowest BCUT2D eigenvalue weighted by molar-refractivity contribution is -0.168. The first-order valence-corrected chi connectivity index (χ1v) is 8.80. The summed E-state index contributed by atoms with van der Waals surface area (Å²) in [6, 6.07) is 0. The van der Waals surface area contributed by atoms with Crippen LogP contribution in [0.3, 0.4) is 0 Å². The Morgan fingerprint density at radius 2 is 1.55 bits per heavy atom. The Bertz CT molecular complexity index is 326. The Balaban J connectivity index is 1.67. The van der Waals surface area contributed by atoms with Crippen molar-refractivity contribution in [2.24, 2.45) is 11.3 Å². The van der Waals surface area contributed by atoms with Crippen LogP contribution in [0.2, 0.25) is 0 Å². The molecule has 20 heavy (non-hydrogen) atoms. The summed E-state index contributed by atoms with van der Waals surface area (Å²) in [5, 5.41) is 11.2. The predicted octanol–water partition coefficient (Wildman–Crippen LogP) is 4.45. The normalized spacial score (nSPS) is 35.9. The molecular formula is C18H32O2. The Hall–Kier alpha value is -0.0800. The van der Waals surface area contributed by atoms with E-state index in [9.17, 15) is 5.11 Å². The van der Waals surface area contributed by atoms with Crippen molar-refractivity contribution in [3.63, 3.8) is 0 Å². The lowest BCUT2D eigenvalue weighted by Gasteiger charge is -2.51. The molecule has 0 aromatic heterocycles. The van der Waals surface area contributed by atoms with Crippen LogP contribution in [0.4, 0.5) is 0 Å². The van der Waals surface area contributed by atoms with Crippen molar-refractivity contribution in [2.45, 2.75) is 95.7 Å². The molecule has 1 heterocycles. The van der Waals surface area contributed by atoms with Gasteiger partial charge in [-0.15, -0.1) is 0 Å². The van der Waals surface area contributed by atoms with Gasteiger partial charge in [0.15, 0.2) is 0 Å². The van der Waals surface area contributed by atoms with Crippen LogP contribution in [0.15, 0.2) is 0 Å². The van der Waals surface area contributed by atoms with Gasteiger partial charge in [-0.3, -0.25) is 0 Å². The standard InChI is InChI=1S/C18H32O2/c1-16(2)9-11-18(19,12-10-16)15-6-13-20-17(14-15)7-4-3-5-8-17/h15,19H,3-14H2,1-2H3. The molecule has 1 unspecified atom stereocenters. The minimum atomic E-state index is -0.399. The largest absolute Gasteiger partial charge is 0.390 e. The van der Waals surface area contributed by atoms with Crippen molar-refractivity contribution in [3.05, 3.63) is 0 Å². The van der Waals surface area contributed by atoms with E-state index in [0.717, 1.165) is 32.3 Å². The van der Waals surface area contributed by atoms with E-state index in [1.165, 1.54) is 44.9 Å². The maximum Gasteiger partial charge on any atom is 0.0686 e. The highest BCUT2D eigenvalue weighted by molar-refractivity contribution is 4.99. The third-order valence-electron chi connectivity index (χ3n) is 6.49. The lowest BCUT2D eigenvalue weighted by Crippen LogP contribution is -2.51. The zero-order chi connectivity index (χ0) is 14.3. The molecule has 3 aliphatic rings. The second kappa shape index (κ2) is 5.28. The maximum atomic E-state index is 11.2. The van der Waals surface area contributed by atoms with Gasteiger partial charge in [0.25, 0.3) is 0 Å². The van der Waals surface area contributed by atoms with Crippen LogP contribution in [0, 0.1) is 11.3 Å². The van der Waals surface area contributed by atoms with Gasteiger partial charge in [-0.05, 0) is 62.7 Å². The van der Waals surface area contributed by atoms with Crippen molar-refractivity contribution >= 4 is 0 Å². The second-order valence-electron chi connectivity index (χ2n) is 8.55. The minimum Gasteiger partial charge on any atom is -0.390 e. The predicted molar refractivity (Wildman–Crippen MR) is 81.7 cm³/mol. The van der Waals surface area contributed by atoms with E-state index in [1.54, 1.807) is 0 Å². The molecule has 1 spiro atoms. The van der Waals surface area contributed by atoms with E-state index in [4.69, 9.17) is 4.74 Å². The van der Waals surface area contributed by atoms with Crippen molar-refractivity contribution in [1.82, 2.24) is 0 Å². The van der Waals surface area contributed by atoms with Crippen LogP contribution in [0.1, 0.15) is 84.5 Å². The fourth-order valence-electron chi connectivity index (χ4n) is 4.80. The molecule has 0 bridgehead atoms. The smallest absolute Gasteiger partial charge is 0.0686 e. The van der Waals surface area contributed by atoms with E-state index in [1.807, 2.05) is 0 Å². The maximum absolute atomic E-state index is 11.2. The van der Waals surface area contributed by atoms with Crippen molar-refractivity contribution in [1.29, 1.82) is 0 Å². The van der Waals surface area contributed by atoms with Gasteiger partial charge in [0.1, 0.15) is 0 Å². The zero-order valence-corrected chi connectivity index (χ0v) is 13.4. The molecule has 0 radical (unpaired) electrons. The summed E-state index contributed by atoms with van der Waals surface area (Å²) in [5.74, 6) is 0.477. The van der Waals surface area contributed by atoms with Gasteiger partial charge in [-0.1, -0.05) is 33.1 Å². The van der Waals surface area contributed by atoms with Crippen LogP contribution >= 0.6 is 0 Å². The molecule has 1 N–H and O–H groups in total. The molecule has 2 heteroatoms. The number of hydrogen-bond donors (Lipinski definition) is 1. The first-order chi connectivity index (χ1) is 9.43. The summed E-state index contributed by atoms with van der Waals surface area (Å²) in [6.45, 7) is 5.56. The van der Waals surface area contributed by atoms with E-state index in [-0.39, 0.29) is 5.60 Å². The van der Waals surface area contributed by atoms with E-state index < -0.39 is 5.60 Å². The molecule has 2 saturated carbocycles. The summed E-state index contributed by atoms with van der Waals surface area (Å²) >= 11 is 0. The van der Waals surface area contributed by atoms with Crippen molar-refractivity contribution < 1.29 is 9.84 Å². The van der Waals surface area contributed by atoms with Gasteiger partial charge in [0.2, 0.25) is 0 Å². The highest BCUT2D eigenvalue weighted by atomic mass is 16.5. The monoisotopic (exact) mass is 280 g/mol. The molecule has 3 fully saturated rings. The fraction of sp³-hybridized carbons (Fsp3) is 1.00. The Labute approximate surface area is 124 Å². The van der Waals surface area contributed by atoms with Gasteiger partial charge in [-0.2, -0.15) is 0 Å². The SMILES string of the molecule is CC1(C)CCC(O)(C2CCOC3(CCCCC3)C2)CC1. The third kappa shape index (κ3) is 2.92. The number of rotatable bonds is 1. The van der Waals surface area contributed by atoms with Crippen LogP contribution in [-0.2, 0) is 4.74 Å². The number of hydrogen-bond acceptors (Lipinski definition) is 2. The third-order valence-corrected chi connectivity index (χ3v) is 6.49. The summed E-state index contributed by atoms with van der Waals surface area (Å²) in [7, 11) is 0. The molecule has 116 valence electrons. The Kier molecular flexibility index (Phi) is 3.92. The highest BCUT2D eigenvalue weighted by Crippen LogP contribution is 2.50. The van der Waals surface area contributed by atoms with E-state index >= 15 is 0 Å². The first-order valence-electron chi connectivity index (χ1n) is 8.80. The van der Waals surface area contributed by atoms with Crippen LogP contribution in [0.5, 0.6) is 0 Å². The molecule has 2 aliphatic carbocycles. The number of ether oxygens (including phenoxy) is 1. The summed E-state index contributed by atoms with van der Waals surface area (Å²) < 4.78 is 6.20. The number of aliphatic hydroxyl groups is 1. The highest BCUT2D eigenvalue weighted by Gasteiger charge is 2.48. The fourth-order valence-corrected chi connectivity index (χ4v) is 4.80. The van der Waals surface area contributed by atoms with Gasteiger partial charge in [0, 0.05) is 6.61 Å². The average molecular weight is 280 g/mol. The van der Waals surface area contributed by atoms with Gasteiger partial charge in [0.05, 0.1) is 11.2 Å². The minimum absolute atomic E-state index is 0.129. The first kappa shape index (κ1) is 14.8. The quantitative estimate of drug-likeness (QED) is 0.769. The summed E-state index contributed by atoms with van der Waals surface area (Å²) in [6.07, 6.45) is 13.0. The zero-order valence-electron chi connectivity index (χ0n) is 13.4. The van der Waals surface area contributed by atoms with Gasteiger partial charge < -0.3 is 9.84 Å². The topological polar surface area (TPSA) is 29.5 Å². The molecule has 3 rings (SSSR count). The second-order valence-corrected chi connectivity index (χ2v) is 8.55. The molecule has 0 amide bonds. The van der Waals surface area contributed by atoms with Crippen LogP contribution < -0.4 is 0 Å². The lowest BCUT2D eigenvalue weighted by atomic mass is 9.62. The van der Waals surface area contributed by atoms with Crippen LogP contribution in [-0.4, -0.2) is 22.9 Å². The van der Waals surface area contributed by atoms with E-state index in [2.05, 4.69) is 13.8 Å². The Morgan fingerprint density at radius 3 is 2.20 bits per heavy atom. The summed E-state index contributed by atoms with van der Waals surface area (Å²) in [5.41, 5.74) is 0.160. The molecule has 0 aromatic carbocycles. The summed E-state index contributed by atoms with van der Waals surface area (Å²) in [4.78, 5) is 0. The van der Waals surface area contributed by atoms with Crippen molar-refractivity contribution in [3.8, 4) is 0 Å². The molecular weight excluding hydrogens is 248 g/mol. The molecule has 0 aromatic rings. The average Bonchev–Trinajstić information content (AvgIpc) is 2.44.